The van der Waals surface area contributed by atoms with Crippen LogP contribution in [0.15, 0.2) is 29.1 Å². The lowest BCUT2D eigenvalue weighted by Crippen LogP contribution is -2.58. The van der Waals surface area contributed by atoms with Crippen molar-refractivity contribution in [2.24, 2.45) is 17.8 Å². The quantitative estimate of drug-likeness (QED) is 0.387. The number of carbonyl (C=O) groups excluding carboxylic acids is 1. The molecule has 0 spiro atoms. The lowest BCUT2D eigenvalue weighted by atomic mass is 9.78. The number of carboxylic acid groups (broad SMARTS) is 2. The first-order valence-electron chi connectivity index (χ1n) is 15.5. The Labute approximate surface area is 243 Å². The molecule has 11 nitrogen and oxygen atoms in total. The Morgan fingerprint density at radius 3 is 2.21 bits per heavy atom. The van der Waals surface area contributed by atoms with E-state index in [9.17, 15) is 19.2 Å². The number of nitrogens with one attached hydrogen (secondary N) is 1. The Morgan fingerprint density at radius 1 is 0.929 bits per heavy atom. The zero-order chi connectivity index (χ0) is 29.2. The topological polar surface area (TPSA) is 145 Å². The van der Waals surface area contributed by atoms with Gasteiger partial charge < -0.3 is 20.1 Å². The van der Waals surface area contributed by atoms with E-state index >= 15 is 0 Å². The van der Waals surface area contributed by atoms with E-state index in [0.717, 1.165) is 36.1 Å². The van der Waals surface area contributed by atoms with E-state index in [0.29, 0.717) is 23.1 Å². The van der Waals surface area contributed by atoms with Crippen molar-refractivity contribution in [2.75, 3.05) is 26.2 Å². The minimum absolute atomic E-state index is 0.0123. The fourth-order valence-electron chi connectivity index (χ4n) is 9.93. The predicted octanol–water partition coefficient (Wildman–Crippen LogP) is 2.34. The van der Waals surface area contributed by atoms with Crippen LogP contribution in [-0.4, -0.2) is 91.2 Å². The molecule has 6 fully saturated rings. The number of fused-ring (bicyclic) bond motifs is 3. The summed E-state index contributed by atoms with van der Waals surface area (Å²) >= 11 is 0. The second kappa shape index (κ2) is 10.4. The number of rotatable bonds is 10. The van der Waals surface area contributed by atoms with Crippen LogP contribution < -0.4 is 10.9 Å². The van der Waals surface area contributed by atoms with Gasteiger partial charge in [0.1, 0.15) is 0 Å². The highest BCUT2D eigenvalue weighted by atomic mass is 16.4. The van der Waals surface area contributed by atoms with E-state index in [1.165, 1.54) is 49.8 Å². The van der Waals surface area contributed by atoms with Gasteiger partial charge >= 0.3 is 11.9 Å². The largest absolute Gasteiger partial charge is 0.480 e. The van der Waals surface area contributed by atoms with Gasteiger partial charge in [-0.2, -0.15) is 0 Å². The van der Waals surface area contributed by atoms with Gasteiger partial charge in [-0.3, -0.25) is 29.0 Å². The van der Waals surface area contributed by atoms with Crippen LogP contribution in [0.1, 0.15) is 74.3 Å². The molecule has 42 heavy (non-hydrogen) atoms. The van der Waals surface area contributed by atoms with Gasteiger partial charge in [0.15, 0.2) is 5.69 Å². The zero-order valence-corrected chi connectivity index (χ0v) is 23.8. The fourth-order valence-corrected chi connectivity index (χ4v) is 9.93. The molecule has 5 atom stereocenters. The van der Waals surface area contributed by atoms with E-state index in [2.05, 4.69) is 15.2 Å². The maximum atomic E-state index is 14.0. The SMILES string of the molecule is O=C(O)CN(CCNC(=O)c1nc2ccccc2n(C2C[C@H]3CC[C@@H](C2)N3C23CC4CC(CC2C4)C3)c1=O)CC(=O)O. The number of hydrogen-bond donors (Lipinski definition) is 3. The Kier molecular flexibility index (Phi) is 6.84. The highest BCUT2D eigenvalue weighted by Gasteiger charge is 2.64. The van der Waals surface area contributed by atoms with Crippen LogP contribution >= 0.6 is 0 Å². The van der Waals surface area contributed by atoms with Gasteiger partial charge in [-0.15, -0.1) is 0 Å². The van der Waals surface area contributed by atoms with Gasteiger partial charge in [-0.25, -0.2) is 4.98 Å². The Hall–Kier alpha value is -3.31. The molecule has 2 aliphatic heterocycles. The van der Waals surface area contributed by atoms with Crippen molar-refractivity contribution < 1.29 is 24.6 Å². The third-order valence-electron chi connectivity index (χ3n) is 11.0. The van der Waals surface area contributed by atoms with Crippen molar-refractivity contribution in [1.82, 2.24) is 24.7 Å². The third kappa shape index (κ3) is 4.61. The molecule has 2 saturated heterocycles. The molecule has 224 valence electrons. The second-order valence-corrected chi connectivity index (χ2v) is 13.4. The monoisotopic (exact) mass is 577 g/mol. The van der Waals surface area contributed by atoms with E-state index in [-0.39, 0.29) is 24.8 Å². The molecular formula is C31H39N5O6. The molecule has 3 unspecified atom stereocenters. The van der Waals surface area contributed by atoms with Gasteiger partial charge in [0, 0.05) is 36.8 Å². The van der Waals surface area contributed by atoms with Crippen molar-refractivity contribution in [2.45, 2.75) is 81.5 Å². The molecule has 4 saturated carbocycles. The molecule has 2 aromatic rings. The van der Waals surface area contributed by atoms with Crippen LogP contribution in [0.2, 0.25) is 0 Å². The van der Waals surface area contributed by atoms with Gasteiger partial charge in [0.05, 0.1) is 24.1 Å². The molecule has 6 bridgehead atoms. The first-order chi connectivity index (χ1) is 20.2. The van der Waals surface area contributed by atoms with Crippen LogP contribution in [0.5, 0.6) is 0 Å². The molecule has 1 aromatic carbocycles. The Balaban J connectivity index is 1.13. The lowest BCUT2D eigenvalue weighted by Gasteiger charge is -2.52. The second-order valence-electron chi connectivity index (χ2n) is 13.4. The van der Waals surface area contributed by atoms with Gasteiger partial charge in [-0.05, 0) is 87.7 Å². The Morgan fingerprint density at radius 2 is 1.57 bits per heavy atom. The summed E-state index contributed by atoms with van der Waals surface area (Å²) in [5.74, 6) is -0.324. The molecule has 1 aromatic heterocycles. The number of aromatic nitrogens is 2. The van der Waals surface area contributed by atoms with Gasteiger partial charge in [0.2, 0.25) is 0 Å². The molecule has 3 heterocycles. The van der Waals surface area contributed by atoms with Crippen LogP contribution in [0.4, 0.5) is 0 Å². The number of nitrogens with zero attached hydrogens (tertiary/aromatic N) is 4. The van der Waals surface area contributed by atoms with E-state index in [4.69, 9.17) is 10.2 Å². The number of para-hydroxylation sites is 2. The highest BCUT2D eigenvalue weighted by molar-refractivity contribution is 5.93. The van der Waals surface area contributed by atoms with Crippen LogP contribution in [-0.2, 0) is 9.59 Å². The summed E-state index contributed by atoms with van der Waals surface area (Å²) in [5.41, 5.74) is 1.11. The summed E-state index contributed by atoms with van der Waals surface area (Å²) in [4.78, 5) is 58.0. The maximum absolute atomic E-state index is 14.0. The van der Waals surface area contributed by atoms with Crippen LogP contribution in [0, 0.1) is 17.8 Å². The average Bonchev–Trinajstić information content (AvgIpc) is 3.46. The smallest absolute Gasteiger partial charge is 0.317 e. The molecule has 3 N–H and O–H groups in total. The number of aliphatic carboxylic acids is 2. The molecule has 4 aliphatic carbocycles. The summed E-state index contributed by atoms with van der Waals surface area (Å²) in [7, 11) is 0. The average molecular weight is 578 g/mol. The van der Waals surface area contributed by atoms with Gasteiger partial charge in [0.25, 0.3) is 11.5 Å². The molecule has 0 radical (unpaired) electrons. The number of hydrogen-bond acceptors (Lipinski definition) is 7. The van der Waals surface area contributed by atoms with E-state index in [1.807, 2.05) is 28.8 Å². The van der Waals surface area contributed by atoms with Crippen molar-refractivity contribution in [3.8, 4) is 0 Å². The zero-order valence-electron chi connectivity index (χ0n) is 23.8. The molecule has 11 heteroatoms. The first kappa shape index (κ1) is 27.5. The van der Waals surface area contributed by atoms with E-state index in [1.54, 1.807) is 0 Å². The summed E-state index contributed by atoms with van der Waals surface area (Å²) in [6.45, 7) is -0.930. The van der Waals surface area contributed by atoms with Crippen molar-refractivity contribution in [1.29, 1.82) is 0 Å². The summed E-state index contributed by atoms with van der Waals surface area (Å²) in [5, 5.41) is 20.8. The maximum Gasteiger partial charge on any atom is 0.317 e. The number of piperidine rings is 1. The standard InChI is InChI=1S/C31H39N5O6/c37-26(38)16-34(17-27(39)40)8-7-32-29(41)28-30(42)35(25-4-2-1-3-24(25)33-28)23-12-21-5-6-22(13-23)36(21)31-14-18-9-19(15-31)11-20(31)10-18/h1-4,18-23H,5-17H2,(H,32,41)(H,37,38)(H,39,40)/t18?,19?,20?,21-,22+,23?,31?. The minimum Gasteiger partial charge on any atom is -0.480 e. The molecular weight excluding hydrogens is 538 g/mol. The first-order valence-corrected chi connectivity index (χ1v) is 15.5. The third-order valence-corrected chi connectivity index (χ3v) is 11.0. The lowest BCUT2D eigenvalue weighted by molar-refractivity contribution is -0.141. The molecule has 1 amide bonds. The highest BCUT2D eigenvalue weighted by Crippen LogP contribution is 2.65. The number of carboxylic acids is 2. The number of benzene rings is 1. The van der Waals surface area contributed by atoms with E-state index < -0.39 is 36.5 Å². The van der Waals surface area contributed by atoms with Crippen molar-refractivity contribution >= 4 is 28.9 Å². The molecule has 6 aliphatic rings. The van der Waals surface area contributed by atoms with Crippen LogP contribution in [0.25, 0.3) is 11.0 Å². The van der Waals surface area contributed by atoms with Crippen molar-refractivity contribution in [3.63, 3.8) is 0 Å². The fraction of sp³-hybridized carbons (Fsp3) is 0.645. The van der Waals surface area contributed by atoms with Crippen molar-refractivity contribution in [3.05, 3.63) is 40.3 Å². The summed E-state index contributed by atoms with van der Waals surface area (Å²) in [6.07, 6.45) is 11.0. The summed E-state index contributed by atoms with van der Waals surface area (Å²) < 4.78 is 1.82. The Bertz CT molecular complexity index is 1450. The van der Waals surface area contributed by atoms with Crippen LogP contribution in [0.3, 0.4) is 0 Å². The number of amides is 1. The number of carbonyl (C=O) groups is 3. The molecule has 8 rings (SSSR count). The minimum atomic E-state index is -1.16. The predicted molar refractivity (Wildman–Crippen MR) is 153 cm³/mol. The van der Waals surface area contributed by atoms with Gasteiger partial charge in [-0.1, -0.05) is 12.1 Å². The normalized spacial score (nSPS) is 33.1. The summed E-state index contributed by atoms with van der Waals surface area (Å²) in [6, 6.07) is 8.37.